The number of fused-ring (bicyclic) bond motifs is 1. The molecule has 0 amide bonds. The summed E-state index contributed by atoms with van der Waals surface area (Å²) in [6, 6.07) is 10.5. The van der Waals surface area contributed by atoms with Crippen LogP contribution in [0.15, 0.2) is 51.7 Å². The first-order valence-electron chi connectivity index (χ1n) is 6.59. The smallest absolute Gasteiger partial charge is 0.360 e. The number of aromatic carboxylic acids is 1. The van der Waals surface area contributed by atoms with E-state index >= 15 is 0 Å². The fourth-order valence-electron chi connectivity index (χ4n) is 2.25. The van der Waals surface area contributed by atoms with Gasteiger partial charge in [-0.2, -0.15) is 5.10 Å². The van der Waals surface area contributed by atoms with Crippen molar-refractivity contribution in [2.75, 3.05) is 0 Å². The fraction of sp³-hybridized carbons (Fsp3) is 0. The van der Waals surface area contributed by atoms with Crippen molar-refractivity contribution in [3.63, 3.8) is 0 Å². The maximum Gasteiger partial charge on any atom is 0.360 e. The predicted octanol–water partition coefficient (Wildman–Crippen LogP) is 2.75. The van der Waals surface area contributed by atoms with Gasteiger partial charge in [-0.3, -0.25) is 14.9 Å². The molecule has 1 heterocycles. The number of carboxylic acids is 1. The van der Waals surface area contributed by atoms with E-state index in [-0.39, 0.29) is 16.6 Å². The molecule has 0 aliphatic rings. The molecule has 0 atom stereocenters. The maximum atomic E-state index is 12.3. The number of carboxylic acid groups (broad SMARTS) is 1. The molecule has 2 aromatic carbocycles. The molecule has 1 aromatic heterocycles. The first-order chi connectivity index (χ1) is 11.4. The lowest BCUT2D eigenvalue weighted by atomic mass is 10.1. The number of non-ortho nitro benzene ring substituents is 1. The highest BCUT2D eigenvalue weighted by molar-refractivity contribution is 9.10. The monoisotopic (exact) mass is 389 g/mol. The standard InChI is InChI=1S/C15H8BrN3O5/c16-8-1-3-9(4-2-8)18-12-6-5-10(19(23)24)7-11(12)14(20)13(17-18)15(21)22/h1-7H,(H,21,22). The van der Waals surface area contributed by atoms with Crippen LogP contribution in [-0.2, 0) is 0 Å². The second kappa shape index (κ2) is 5.85. The van der Waals surface area contributed by atoms with Crippen molar-refractivity contribution in [3.8, 4) is 5.69 Å². The minimum atomic E-state index is -1.50. The molecule has 3 aromatic rings. The van der Waals surface area contributed by atoms with E-state index in [9.17, 15) is 24.8 Å². The highest BCUT2D eigenvalue weighted by Gasteiger charge is 2.19. The van der Waals surface area contributed by atoms with Gasteiger partial charge in [0.25, 0.3) is 5.69 Å². The van der Waals surface area contributed by atoms with Crippen LogP contribution in [0.25, 0.3) is 16.6 Å². The Morgan fingerprint density at radius 3 is 2.46 bits per heavy atom. The van der Waals surface area contributed by atoms with Crippen molar-refractivity contribution in [1.29, 1.82) is 0 Å². The first kappa shape index (κ1) is 15.8. The van der Waals surface area contributed by atoms with E-state index in [1.54, 1.807) is 24.3 Å². The molecule has 1 N–H and O–H groups in total. The van der Waals surface area contributed by atoms with Crippen LogP contribution >= 0.6 is 15.9 Å². The highest BCUT2D eigenvalue weighted by Crippen LogP contribution is 2.22. The molecule has 0 fully saturated rings. The molecule has 0 saturated heterocycles. The Labute approximate surface area is 142 Å². The topological polar surface area (TPSA) is 115 Å². The summed E-state index contributed by atoms with van der Waals surface area (Å²) in [5.41, 5.74) is -1.08. The van der Waals surface area contributed by atoms with E-state index in [0.29, 0.717) is 5.69 Å². The molecule has 0 aliphatic heterocycles. The molecular formula is C15H8BrN3O5. The number of halogens is 1. The van der Waals surface area contributed by atoms with Gasteiger partial charge in [-0.05, 0) is 30.3 Å². The Morgan fingerprint density at radius 2 is 1.88 bits per heavy atom. The summed E-state index contributed by atoms with van der Waals surface area (Å²) in [6.07, 6.45) is 0. The van der Waals surface area contributed by atoms with Crippen LogP contribution in [0.5, 0.6) is 0 Å². The maximum absolute atomic E-state index is 12.3. The quantitative estimate of drug-likeness (QED) is 0.543. The average molecular weight is 390 g/mol. The average Bonchev–Trinajstić information content (AvgIpc) is 2.55. The van der Waals surface area contributed by atoms with Crippen LogP contribution in [0.4, 0.5) is 5.69 Å². The molecular weight excluding hydrogens is 382 g/mol. The Balaban J connectivity index is 2.42. The Hall–Kier alpha value is -3.07. The second-order valence-electron chi connectivity index (χ2n) is 4.83. The molecule has 3 rings (SSSR count). The summed E-state index contributed by atoms with van der Waals surface area (Å²) in [4.78, 5) is 33.9. The van der Waals surface area contributed by atoms with Crippen molar-refractivity contribution in [2.24, 2.45) is 0 Å². The molecule has 120 valence electrons. The number of hydrogen-bond acceptors (Lipinski definition) is 5. The van der Waals surface area contributed by atoms with E-state index in [4.69, 9.17) is 0 Å². The lowest BCUT2D eigenvalue weighted by molar-refractivity contribution is -0.384. The van der Waals surface area contributed by atoms with Gasteiger partial charge in [0.1, 0.15) is 0 Å². The molecule has 9 heteroatoms. The number of benzene rings is 2. The summed E-state index contributed by atoms with van der Waals surface area (Å²) in [6.45, 7) is 0. The predicted molar refractivity (Wildman–Crippen MR) is 88.7 cm³/mol. The third-order valence-corrected chi connectivity index (χ3v) is 3.88. The van der Waals surface area contributed by atoms with Crippen molar-refractivity contribution < 1.29 is 14.8 Å². The highest BCUT2D eigenvalue weighted by atomic mass is 79.9. The number of aromatic nitrogens is 2. The molecule has 24 heavy (non-hydrogen) atoms. The van der Waals surface area contributed by atoms with Gasteiger partial charge in [-0.15, -0.1) is 0 Å². The zero-order valence-electron chi connectivity index (χ0n) is 11.8. The number of nitro groups is 1. The minimum absolute atomic E-state index is 0.0838. The SMILES string of the molecule is O=C(O)c1nn(-c2ccc(Br)cc2)c2ccc([N+](=O)[O-])cc2c1=O. The third kappa shape index (κ3) is 2.65. The molecule has 8 nitrogen and oxygen atoms in total. The van der Waals surface area contributed by atoms with Gasteiger partial charge >= 0.3 is 5.97 Å². The summed E-state index contributed by atoms with van der Waals surface area (Å²) >= 11 is 3.29. The van der Waals surface area contributed by atoms with Gasteiger partial charge in [-0.1, -0.05) is 15.9 Å². The van der Waals surface area contributed by atoms with E-state index in [1.807, 2.05) is 0 Å². The van der Waals surface area contributed by atoms with Gasteiger partial charge in [0.15, 0.2) is 0 Å². The number of nitrogens with zero attached hydrogens (tertiary/aromatic N) is 3. The van der Waals surface area contributed by atoms with Crippen molar-refractivity contribution in [3.05, 3.63) is 73.0 Å². The van der Waals surface area contributed by atoms with Gasteiger partial charge in [0.2, 0.25) is 11.1 Å². The first-order valence-corrected chi connectivity index (χ1v) is 7.38. The summed E-state index contributed by atoms with van der Waals surface area (Å²) in [5.74, 6) is -1.50. The molecule has 0 aliphatic carbocycles. The van der Waals surface area contributed by atoms with Crippen LogP contribution in [0.1, 0.15) is 10.5 Å². The Kier molecular flexibility index (Phi) is 3.86. The van der Waals surface area contributed by atoms with Crippen LogP contribution < -0.4 is 5.43 Å². The van der Waals surface area contributed by atoms with Gasteiger partial charge in [0.05, 0.1) is 21.5 Å². The van der Waals surface area contributed by atoms with Crippen molar-refractivity contribution in [1.82, 2.24) is 9.78 Å². The molecule has 0 unspecified atom stereocenters. The van der Waals surface area contributed by atoms with Crippen molar-refractivity contribution >= 4 is 38.5 Å². The second-order valence-corrected chi connectivity index (χ2v) is 5.75. The van der Waals surface area contributed by atoms with E-state index in [0.717, 1.165) is 10.5 Å². The summed E-state index contributed by atoms with van der Waals surface area (Å²) in [5, 5.41) is 23.9. The van der Waals surface area contributed by atoms with E-state index < -0.39 is 22.0 Å². The van der Waals surface area contributed by atoms with Crippen molar-refractivity contribution in [2.45, 2.75) is 0 Å². The molecule has 0 bridgehead atoms. The largest absolute Gasteiger partial charge is 0.476 e. The third-order valence-electron chi connectivity index (χ3n) is 3.35. The van der Waals surface area contributed by atoms with Crippen LogP contribution in [-0.4, -0.2) is 25.8 Å². The van der Waals surface area contributed by atoms with E-state index in [2.05, 4.69) is 21.0 Å². The lowest BCUT2D eigenvalue weighted by Crippen LogP contribution is -2.22. The van der Waals surface area contributed by atoms with Gasteiger partial charge < -0.3 is 5.11 Å². The zero-order chi connectivity index (χ0) is 17.4. The Morgan fingerprint density at radius 1 is 1.21 bits per heavy atom. The van der Waals surface area contributed by atoms with Crippen LogP contribution in [0.3, 0.4) is 0 Å². The van der Waals surface area contributed by atoms with Gasteiger partial charge in [0, 0.05) is 16.6 Å². The zero-order valence-corrected chi connectivity index (χ0v) is 13.4. The number of nitro benzene ring substituents is 1. The normalized spacial score (nSPS) is 10.7. The lowest BCUT2D eigenvalue weighted by Gasteiger charge is -2.11. The number of hydrogen-bond donors (Lipinski definition) is 1. The summed E-state index contributed by atoms with van der Waals surface area (Å²) in [7, 11) is 0. The molecule has 0 saturated carbocycles. The summed E-state index contributed by atoms with van der Waals surface area (Å²) < 4.78 is 2.08. The Bertz CT molecular complexity index is 1040. The van der Waals surface area contributed by atoms with E-state index in [1.165, 1.54) is 16.8 Å². The minimum Gasteiger partial charge on any atom is -0.476 e. The van der Waals surface area contributed by atoms with Crippen LogP contribution in [0, 0.1) is 10.1 Å². The van der Waals surface area contributed by atoms with Gasteiger partial charge in [-0.25, -0.2) is 9.48 Å². The molecule has 0 spiro atoms. The fourth-order valence-corrected chi connectivity index (χ4v) is 2.51. The number of carbonyl (C=O) groups is 1. The number of rotatable bonds is 3. The molecule has 0 radical (unpaired) electrons. The van der Waals surface area contributed by atoms with Crippen LogP contribution in [0.2, 0.25) is 0 Å².